The summed E-state index contributed by atoms with van der Waals surface area (Å²) in [6, 6.07) is 4.99. The van der Waals surface area contributed by atoms with Crippen molar-refractivity contribution in [1.82, 2.24) is 4.90 Å². The van der Waals surface area contributed by atoms with Crippen molar-refractivity contribution in [3.05, 3.63) is 29.8 Å². The van der Waals surface area contributed by atoms with Crippen LogP contribution in [-0.4, -0.2) is 36.2 Å². The SMILES string of the molecule is CC(C)(C)OC(=O)N1CCCC(CNc2ccc(C(F)(F)F)cc2)C1. The predicted molar refractivity (Wildman–Crippen MR) is 90.5 cm³/mol. The number of piperidine rings is 1. The lowest BCUT2D eigenvalue weighted by Gasteiger charge is -2.34. The van der Waals surface area contributed by atoms with Crippen molar-refractivity contribution < 1.29 is 22.7 Å². The van der Waals surface area contributed by atoms with Gasteiger partial charge in [-0.05, 0) is 63.8 Å². The van der Waals surface area contributed by atoms with Gasteiger partial charge in [0.1, 0.15) is 5.60 Å². The van der Waals surface area contributed by atoms with Gasteiger partial charge in [-0.2, -0.15) is 13.2 Å². The van der Waals surface area contributed by atoms with Gasteiger partial charge >= 0.3 is 12.3 Å². The molecule has 7 heteroatoms. The lowest BCUT2D eigenvalue weighted by molar-refractivity contribution is -0.137. The minimum atomic E-state index is -4.32. The zero-order chi connectivity index (χ0) is 18.7. The van der Waals surface area contributed by atoms with Crippen molar-refractivity contribution in [1.29, 1.82) is 0 Å². The first-order valence-corrected chi connectivity index (χ1v) is 8.44. The molecule has 1 aromatic carbocycles. The minimum Gasteiger partial charge on any atom is -0.444 e. The number of halogens is 3. The van der Waals surface area contributed by atoms with E-state index >= 15 is 0 Å². The van der Waals surface area contributed by atoms with E-state index < -0.39 is 17.3 Å². The Bertz CT molecular complexity index is 579. The number of nitrogens with one attached hydrogen (secondary N) is 1. The molecule has 1 atom stereocenters. The number of likely N-dealkylation sites (tertiary alicyclic amines) is 1. The summed E-state index contributed by atoms with van der Waals surface area (Å²) in [6.07, 6.45) is -2.78. The largest absolute Gasteiger partial charge is 0.444 e. The fourth-order valence-corrected chi connectivity index (χ4v) is 2.76. The number of anilines is 1. The van der Waals surface area contributed by atoms with Gasteiger partial charge in [0.25, 0.3) is 0 Å². The van der Waals surface area contributed by atoms with Gasteiger partial charge in [-0.1, -0.05) is 0 Å². The molecule has 0 bridgehead atoms. The normalized spacial score (nSPS) is 18.8. The molecule has 1 aromatic rings. The highest BCUT2D eigenvalue weighted by Gasteiger charge is 2.30. The van der Waals surface area contributed by atoms with E-state index in [2.05, 4.69) is 5.32 Å². The lowest BCUT2D eigenvalue weighted by atomic mass is 9.98. The Labute approximate surface area is 146 Å². The first-order valence-electron chi connectivity index (χ1n) is 8.44. The summed E-state index contributed by atoms with van der Waals surface area (Å²) in [7, 11) is 0. The number of hydrogen-bond acceptors (Lipinski definition) is 3. The van der Waals surface area contributed by atoms with Crippen LogP contribution in [0.3, 0.4) is 0 Å². The molecule has 1 unspecified atom stereocenters. The third kappa shape index (κ3) is 6.14. The van der Waals surface area contributed by atoms with Gasteiger partial charge in [0.05, 0.1) is 5.56 Å². The molecular formula is C18H25F3N2O2. The minimum absolute atomic E-state index is 0.239. The maximum absolute atomic E-state index is 12.6. The Hall–Kier alpha value is -1.92. The van der Waals surface area contributed by atoms with Crippen LogP contribution in [-0.2, 0) is 10.9 Å². The third-order valence-electron chi connectivity index (χ3n) is 3.98. The summed E-state index contributed by atoms with van der Waals surface area (Å²) >= 11 is 0. The Morgan fingerprint density at radius 1 is 1.24 bits per heavy atom. The molecule has 1 N–H and O–H groups in total. The predicted octanol–water partition coefficient (Wildman–Crippen LogP) is 4.76. The monoisotopic (exact) mass is 358 g/mol. The fourth-order valence-electron chi connectivity index (χ4n) is 2.76. The van der Waals surface area contributed by atoms with Crippen LogP contribution in [0.4, 0.5) is 23.7 Å². The van der Waals surface area contributed by atoms with Gasteiger partial charge in [0, 0.05) is 25.3 Å². The summed E-state index contributed by atoms with van der Waals surface area (Å²) in [5, 5.41) is 3.15. The molecule has 0 spiro atoms. The number of amides is 1. The second kappa shape index (κ2) is 7.54. The molecular weight excluding hydrogens is 333 g/mol. The number of carbonyl (C=O) groups is 1. The van der Waals surface area contributed by atoms with Gasteiger partial charge in [-0.25, -0.2) is 4.79 Å². The van der Waals surface area contributed by atoms with E-state index in [9.17, 15) is 18.0 Å². The van der Waals surface area contributed by atoms with Crippen LogP contribution in [0.1, 0.15) is 39.2 Å². The van der Waals surface area contributed by atoms with Gasteiger partial charge in [-0.15, -0.1) is 0 Å². The van der Waals surface area contributed by atoms with Gasteiger partial charge in [-0.3, -0.25) is 0 Å². The van der Waals surface area contributed by atoms with Crippen molar-refractivity contribution >= 4 is 11.8 Å². The molecule has 0 radical (unpaired) electrons. The molecule has 0 aliphatic carbocycles. The van der Waals surface area contributed by atoms with Crippen LogP contribution in [0.15, 0.2) is 24.3 Å². The molecule has 1 aliphatic rings. The van der Waals surface area contributed by atoms with Gasteiger partial charge in [0.15, 0.2) is 0 Å². The molecule has 140 valence electrons. The Morgan fingerprint density at radius 2 is 1.88 bits per heavy atom. The number of nitrogens with zero attached hydrogens (tertiary/aromatic N) is 1. The molecule has 4 nitrogen and oxygen atoms in total. The van der Waals surface area contributed by atoms with E-state index in [-0.39, 0.29) is 12.0 Å². The topological polar surface area (TPSA) is 41.6 Å². The smallest absolute Gasteiger partial charge is 0.416 e. The Morgan fingerprint density at radius 3 is 2.44 bits per heavy atom. The summed E-state index contributed by atoms with van der Waals surface area (Å²) in [6.45, 7) is 7.36. The molecule has 1 fully saturated rings. The molecule has 1 aliphatic heterocycles. The van der Waals surface area contributed by atoms with E-state index in [1.54, 1.807) is 4.90 Å². The fraction of sp³-hybridized carbons (Fsp3) is 0.611. The van der Waals surface area contributed by atoms with Gasteiger partial charge < -0.3 is 15.0 Å². The average Bonchev–Trinajstić information content (AvgIpc) is 2.51. The molecule has 2 rings (SSSR count). The number of alkyl halides is 3. The number of benzene rings is 1. The maximum Gasteiger partial charge on any atom is 0.416 e. The van der Waals surface area contributed by atoms with E-state index in [1.807, 2.05) is 20.8 Å². The highest BCUT2D eigenvalue weighted by molar-refractivity contribution is 5.68. The first kappa shape index (κ1) is 19.4. The maximum atomic E-state index is 12.6. The summed E-state index contributed by atoms with van der Waals surface area (Å²) in [5.74, 6) is 0.239. The summed E-state index contributed by atoms with van der Waals surface area (Å²) in [5.41, 5.74) is -0.545. The number of carbonyl (C=O) groups excluding carboxylic acids is 1. The van der Waals surface area contributed by atoms with Crippen LogP contribution in [0.2, 0.25) is 0 Å². The molecule has 0 aromatic heterocycles. The quantitative estimate of drug-likeness (QED) is 0.847. The second-order valence-electron chi connectivity index (χ2n) is 7.39. The summed E-state index contributed by atoms with van der Waals surface area (Å²) < 4.78 is 43.1. The Balaban J connectivity index is 1.85. The molecule has 25 heavy (non-hydrogen) atoms. The number of rotatable bonds is 3. The molecule has 1 amide bonds. The highest BCUT2D eigenvalue weighted by atomic mass is 19.4. The number of ether oxygens (including phenoxy) is 1. The van der Waals surface area contributed by atoms with Crippen LogP contribution in [0.25, 0.3) is 0 Å². The van der Waals surface area contributed by atoms with Crippen molar-refractivity contribution in [3.8, 4) is 0 Å². The van der Waals surface area contributed by atoms with E-state index in [0.717, 1.165) is 25.0 Å². The van der Waals surface area contributed by atoms with Crippen LogP contribution in [0, 0.1) is 5.92 Å². The van der Waals surface area contributed by atoms with E-state index in [0.29, 0.717) is 25.3 Å². The van der Waals surface area contributed by atoms with Crippen molar-refractivity contribution in [2.45, 2.75) is 45.4 Å². The standard InChI is InChI=1S/C18H25F3N2O2/c1-17(2,3)25-16(24)23-10-4-5-13(12-23)11-22-15-8-6-14(7-9-15)18(19,20)21/h6-9,13,22H,4-5,10-12H2,1-3H3. The third-order valence-corrected chi connectivity index (χ3v) is 3.98. The zero-order valence-corrected chi connectivity index (χ0v) is 14.8. The van der Waals surface area contributed by atoms with E-state index in [4.69, 9.17) is 4.74 Å². The summed E-state index contributed by atoms with van der Waals surface area (Å²) in [4.78, 5) is 13.8. The van der Waals surface area contributed by atoms with E-state index in [1.165, 1.54) is 12.1 Å². The highest BCUT2D eigenvalue weighted by Crippen LogP contribution is 2.30. The average molecular weight is 358 g/mol. The van der Waals surface area contributed by atoms with Crippen molar-refractivity contribution in [2.24, 2.45) is 5.92 Å². The first-order chi connectivity index (χ1) is 11.5. The van der Waals surface area contributed by atoms with Crippen LogP contribution in [0.5, 0.6) is 0 Å². The molecule has 1 heterocycles. The lowest BCUT2D eigenvalue weighted by Crippen LogP contribution is -2.44. The zero-order valence-electron chi connectivity index (χ0n) is 14.8. The van der Waals surface area contributed by atoms with Gasteiger partial charge in [0.2, 0.25) is 0 Å². The van der Waals surface area contributed by atoms with Crippen molar-refractivity contribution in [3.63, 3.8) is 0 Å². The molecule has 1 saturated heterocycles. The van der Waals surface area contributed by atoms with Crippen LogP contribution < -0.4 is 5.32 Å². The molecule has 0 saturated carbocycles. The van der Waals surface area contributed by atoms with Crippen LogP contribution >= 0.6 is 0 Å². The second-order valence-corrected chi connectivity index (χ2v) is 7.39. The Kier molecular flexibility index (Phi) is 5.85. The van der Waals surface area contributed by atoms with Crippen molar-refractivity contribution in [2.75, 3.05) is 25.0 Å². The number of hydrogen-bond donors (Lipinski definition) is 1.